The number of amides is 1. The zero-order valence-corrected chi connectivity index (χ0v) is 19.0. The van der Waals surface area contributed by atoms with Crippen molar-refractivity contribution in [3.63, 3.8) is 0 Å². The van der Waals surface area contributed by atoms with Gasteiger partial charge in [-0.05, 0) is 75.5 Å². The van der Waals surface area contributed by atoms with Crippen molar-refractivity contribution in [3.8, 4) is 0 Å². The molecule has 2 aliphatic carbocycles. The van der Waals surface area contributed by atoms with Gasteiger partial charge >= 0.3 is 0 Å². The quantitative estimate of drug-likeness (QED) is 0.610. The van der Waals surface area contributed by atoms with Gasteiger partial charge in [0.1, 0.15) is 0 Å². The maximum absolute atomic E-state index is 13.1. The lowest BCUT2D eigenvalue weighted by Gasteiger charge is -2.43. The van der Waals surface area contributed by atoms with Gasteiger partial charge in [-0.1, -0.05) is 59.3 Å². The first-order valence-electron chi connectivity index (χ1n) is 12.4. The van der Waals surface area contributed by atoms with Crippen molar-refractivity contribution in [2.45, 2.75) is 141 Å². The summed E-state index contributed by atoms with van der Waals surface area (Å²) in [6.07, 6.45) is 20.5. The Morgan fingerprint density at radius 2 is 1.43 bits per heavy atom. The van der Waals surface area contributed by atoms with Crippen LogP contribution in [0.15, 0.2) is 0 Å². The Morgan fingerprint density at radius 3 is 2.04 bits per heavy atom. The minimum absolute atomic E-state index is 0.0433. The molecule has 0 aromatic rings. The number of carbonyl (C=O) groups is 1. The number of carbonyl (C=O) groups excluding carboxylic acids is 1. The first-order valence-corrected chi connectivity index (χ1v) is 12.4. The van der Waals surface area contributed by atoms with Crippen molar-refractivity contribution in [2.24, 2.45) is 11.3 Å². The van der Waals surface area contributed by atoms with E-state index in [0.717, 1.165) is 12.3 Å². The van der Waals surface area contributed by atoms with Gasteiger partial charge in [0.25, 0.3) is 0 Å². The normalized spacial score (nSPS) is 32.2. The van der Waals surface area contributed by atoms with Crippen LogP contribution in [0.4, 0.5) is 0 Å². The van der Waals surface area contributed by atoms with Crippen molar-refractivity contribution >= 4 is 5.91 Å². The number of hydrogen-bond acceptors (Lipinski definition) is 2. The van der Waals surface area contributed by atoms with Crippen LogP contribution in [0.25, 0.3) is 0 Å². The second kappa shape index (κ2) is 9.96. The van der Waals surface area contributed by atoms with Crippen LogP contribution in [-0.4, -0.2) is 23.5 Å². The molecule has 28 heavy (non-hydrogen) atoms. The third kappa shape index (κ3) is 6.75. The topological polar surface area (TPSA) is 41.1 Å². The largest absolute Gasteiger partial charge is 0.352 e. The summed E-state index contributed by atoms with van der Waals surface area (Å²) in [5.41, 5.74) is 0.673. The van der Waals surface area contributed by atoms with E-state index in [1.54, 1.807) is 0 Å². The molecule has 2 N–H and O–H groups in total. The summed E-state index contributed by atoms with van der Waals surface area (Å²) >= 11 is 0. The van der Waals surface area contributed by atoms with Crippen LogP contribution in [-0.2, 0) is 4.79 Å². The van der Waals surface area contributed by atoms with Gasteiger partial charge in [-0.25, -0.2) is 0 Å². The Bertz CT molecular complexity index is 477. The SMILES string of the molecule is CC(C)(C)CC1CCC(NC(=O)C2CCCC3(CCCCCCCC3)N2)CC1. The summed E-state index contributed by atoms with van der Waals surface area (Å²) in [6, 6.07) is 0.450. The monoisotopic (exact) mass is 390 g/mol. The van der Waals surface area contributed by atoms with Crippen molar-refractivity contribution in [1.29, 1.82) is 0 Å². The van der Waals surface area contributed by atoms with E-state index in [1.807, 2.05) is 0 Å². The number of piperidine rings is 1. The van der Waals surface area contributed by atoms with Crippen molar-refractivity contribution in [3.05, 3.63) is 0 Å². The maximum Gasteiger partial charge on any atom is 0.237 e. The molecule has 162 valence electrons. The highest BCUT2D eigenvalue weighted by Gasteiger charge is 2.38. The maximum atomic E-state index is 13.1. The van der Waals surface area contributed by atoms with Crippen LogP contribution in [0, 0.1) is 11.3 Å². The predicted molar refractivity (Wildman–Crippen MR) is 118 cm³/mol. The Kier molecular flexibility index (Phi) is 7.87. The fourth-order valence-electron chi connectivity index (χ4n) is 6.19. The smallest absolute Gasteiger partial charge is 0.237 e. The second-order valence-corrected chi connectivity index (χ2v) is 11.5. The predicted octanol–water partition coefficient (Wildman–Crippen LogP) is 6.11. The fourth-order valence-corrected chi connectivity index (χ4v) is 6.19. The van der Waals surface area contributed by atoms with E-state index in [2.05, 4.69) is 31.4 Å². The second-order valence-electron chi connectivity index (χ2n) is 11.5. The Hall–Kier alpha value is -0.570. The van der Waals surface area contributed by atoms with E-state index in [9.17, 15) is 4.79 Å². The van der Waals surface area contributed by atoms with Crippen molar-refractivity contribution in [2.75, 3.05) is 0 Å². The van der Waals surface area contributed by atoms with E-state index in [0.29, 0.717) is 17.4 Å². The first kappa shape index (κ1) is 22.1. The molecule has 1 atom stereocenters. The summed E-state index contributed by atoms with van der Waals surface area (Å²) in [4.78, 5) is 13.1. The third-order valence-electron chi connectivity index (χ3n) is 7.60. The molecule has 3 rings (SSSR count). The van der Waals surface area contributed by atoms with Crippen LogP contribution in [0.2, 0.25) is 0 Å². The van der Waals surface area contributed by atoms with Gasteiger partial charge in [-0.3, -0.25) is 4.79 Å². The lowest BCUT2D eigenvalue weighted by atomic mass is 9.76. The van der Waals surface area contributed by atoms with E-state index in [-0.39, 0.29) is 11.6 Å². The molecule has 1 saturated heterocycles. The van der Waals surface area contributed by atoms with Crippen LogP contribution < -0.4 is 10.6 Å². The van der Waals surface area contributed by atoms with Crippen LogP contribution in [0.3, 0.4) is 0 Å². The van der Waals surface area contributed by atoms with Crippen LogP contribution in [0.1, 0.15) is 124 Å². The Balaban J connectivity index is 1.47. The Labute approximate surface area is 174 Å². The van der Waals surface area contributed by atoms with E-state index < -0.39 is 0 Å². The fraction of sp³-hybridized carbons (Fsp3) is 0.960. The van der Waals surface area contributed by atoms with Crippen LogP contribution >= 0.6 is 0 Å². The molecule has 1 spiro atoms. The lowest BCUT2D eigenvalue weighted by Crippen LogP contribution is -2.59. The molecule has 3 aliphatic rings. The molecule has 1 unspecified atom stereocenters. The molecule has 0 radical (unpaired) electrons. The number of rotatable bonds is 3. The van der Waals surface area contributed by atoms with E-state index in [4.69, 9.17) is 0 Å². The summed E-state index contributed by atoms with van der Waals surface area (Å²) in [6.45, 7) is 7.05. The standard InChI is InChI=1S/C25H46N2O/c1-24(2,3)19-20-12-14-21(15-13-20)26-23(28)22-11-10-18-25(27-22)16-8-6-4-5-7-9-17-25/h20-22,27H,4-19H2,1-3H3,(H,26,28). The van der Waals surface area contributed by atoms with Gasteiger partial charge < -0.3 is 10.6 Å². The van der Waals surface area contributed by atoms with E-state index >= 15 is 0 Å². The summed E-state index contributed by atoms with van der Waals surface area (Å²) in [7, 11) is 0. The average molecular weight is 391 g/mol. The van der Waals surface area contributed by atoms with E-state index in [1.165, 1.54) is 96.3 Å². The molecule has 0 aromatic carbocycles. The van der Waals surface area contributed by atoms with Gasteiger partial charge in [0.15, 0.2) is 0 Å². The Morgan fingerprint density at radius 1 is 0.857 bits per heavy atom. The van der Waals surface area contributed by atoms with Gasteiger partial charge in [-0.15, -0.1) is 0 Å². The zero-order chi connectivity index (χ0) is 20.0. The minimum Gasteiger partial charge on any atom is -0.352 e. The number of hydrogen-bond donors (Lipinski definition) is 2. The highest BCUT2D eigenvalue weighted by atomic mass is 16.2. The molecule has 0 bridgehead atoms. The summed E-state index contributed by atoms with van der Waals surface area (Å²) < 4.78 is 0. The van der Waals surface area contributed by atoms with Crippen molar-refractivity contribution < 1.29 is 4.79 Å². The van der Waals surface area contributed by atoms with Gasteiger partial charge in [0.05, 0.1) is 6.04 Å². The third-order valence-corrected chi connectivity index (χ3v) is 7.60. The average Bonchev–Trinajstić information content (AvgIpc) is 2.75. The molecule has 2 saturated carbocycles. The van der Waals surface area contributed by atoms with Gasteiger partial charge in [-0.2, -0.15) is 0 Å². The summed E-state index contributed by atoms with van der Waals surface area (Å²) in [5.74, 6) is 1.14. The molecule has 1 amide bonds. The molecular weight excluding hydrogens is 344 g/mol. The summed E-state index contributed by atoms with van der Waals surface area (Å²) in [5, 5.41) is 7.31. The molecular formula is C25H46N2O. The van der Waals surface area contributed by atoms with Crippen LogP contribution in [0.5, 0.6) is 0 Å². The molecule has 0 aromatic heterocycles. The molecule has 1 aliphatic heterocycles. The molecule has 3 heteroatoms. The number of nitrogens with one attached hydrogen (secondary N) is 2. The van der Waals surface area contributed by atoms with Gasteiger partial charge in [0, 0.05) is 11.6 Å². The molecule has 1 heterocycles. The lowest BCUT2D eigenvalue weighted by molar-refractivity contribution is -0.125. The zero-order valence-electron chi connectivity index (χ0n) is 19.0. The molecule has 3 fully saturated rings. The highest BCUT2D eigenvalue weighted by molar-refractivity contribution is 5.82. The highest BCUT2D eigenvalue weighted by Crippen LogP contribution is 2.36. The van der Waals surface area contributed by atoms with Gasteiger partial charge in [0.2, 0.25) is 5.91 Å². The molecule has 3 nitrogen and oxygen atoms in total. The minimum atomic E-state index is 0.0433. The first-order chi connectivity index (χ1) is 13.4. The van der Waals surface area contributed by atoms with Crippen molar-refractivity contribution in [1.82, 2.24) is 10.6 Å².